The number of hydrogen-bond acceptors (Lipinski definition) is 2. The lowest BCUT2D eigenvalue weighted by molar-refractivity contribution is 0.0751. The van der Waals surface area contributed by atoms with Crippen LogP contribution in [0, 0.1) is 5.82 Å². The van der Waals surface area contributed by atoms with E-state index in [9.17, 15) is 9.18 Å². The monoisotopic (exact) mass is 250 g/mol. The van der Waals surface area contributed by atoms with E-state index in [1.54, 1.807) is 12.1 Å². The van der Waals surface area contributed by atoms with Crippen molar-refractivity contribution in [1.82, 2.24) is 10.2 Å². The van der Waals surface area contributed by atoms with Gasteiger partial charge in [0.25, 0.3) is 5.91 Å². The van der Waals surface area contributed by atoms with E-state index >= 15 is 0 Å². The molecule has 1 aromatic carbocycles. The van der Waals surface area contributed by atoms with Gasteiger partial charge in [0.05, 0.1) is 0 Å². The lowest BCUT2D eigenvalue weighted by atomic mass is 10.1. The van der Waals surface area contributed by atoms with Crippen molar-refractivity contribution in [3.63, 3.8) is 0 Å². The predicted molar refractivity (Wildman–Crippen MR) is 69.0 cm³/mol. The number of halogens is 1. The summed E-state index contributed by atoms with van der Waals surface area (Å²) in [6.07, 6.45) is 2.29. The van der Waals surface area contributed by atoms with E-state index in [-0.39, 0.29) is 11.7 Å². The van der Waals surface area contributed by atoms with Gasteiger partial charge in [0.1, 0.15) is 5.82 Å². The maximum atomic E-state index is 12.8. The van der Waals surface area contributed by atoms with E-state index in [1.807, 2.05) is 11.8 Å². The number of carbonyl (C=O) groups excluding carboxylic acids is 1. The first-order valence-electron chi connectivity index (χ1n) is 6.49. The SMILES string of the molecule is CCN(CC1CCCN1)C(=O)c1ccc(F)cc1. The Labute approximate surface area is 107 Å². The van der Waals surface area contributed by atoms with Crippen LogP contribution in [0.5, 0.6) is 0 Å². The Bertz CT molecular complexity index is 399. The number of amides is 1. The van der Waals surface area contributed by atoms with Crippen molar-refractivity contribution < 1.29 is 9.18 Å². The van der Waals surface area contributed by atoms with E-state index in [0.29, 0.717) is 18.2 Å². The second-order valence-corrected chi connectivity index (χ2v) is 4.64. The molecule has 1 amide bonds. The van der Waals surface area contributed by atoms with Gasteiger partial charge in [-0.1, -0.05) is 0 Å². The maximum absolute atomic E-state index is 12.8. The van der Waals surface area contributed by atoms with Gasteiger partial charge in [0, 0.05) is 24.7 Å². The molecule has 0 bridgehead atoms. The van der Waals surface area contributed by atoms with Crippen LogP contribution < -0.4 is 5.32 Å². The van der Waals surface area contributed by atoms with Crippen LogP contribution in [0.4, 0.5) is 4.39 Å². The van der Waals surface area contributed by atoms with E-state index in [4.69, 9.17) is 0 Å². The van der Waals surface area contributed by atoms with Crippen LogP contribution in [0.1, 0.15) is 30.1 Å². The Balaban J connectivity index is 2.02. The smallest absolute Gasteiger partial charge is 0.253 e. The lowest BCUT2D eigenvalue weighted by Gasteiger charge is -2.24. The van der Waals surface area contributed by atoms with Crippen LogP contribution in [0.25, 0.3) is 0 Å². The number of carbonyl (C=O) groups is 1. The first-order valence-corrected chi connectivity index (χ1v) is 6.49. The first-order chi connectivity index (χ1) is 8.70. The number of benzene rings is 1. The van der Waals surface area contributed by atoms with Crippen molar-refractivity contribution in [3.8, 4) is 0 Å². The molecule has 3 nitrogen and oxygen atoms in total. The molecule has 1 atom stereocenters. The van der Waals surface area contributed by atoms with Gasteiger partial charge in [-0.3, -0.25) is 4.79 Å². The summed E-state index contributed by atoms with van der Waals surface area (Å²) in [5, 5.41) is 3.38. The molecule has 0 aromatic heterocycles. The molecule has 1 aromatic rings. The minimum atomic E-state index is -0.313. The molecule has 2 rings (SSSR count). The molecule has 0 saturated carbocycles. The molecule has 1 saturated heterocycles. The summed E-state index contributed by atoms with van der Waals surface area (Å²) in [6, 6.07) is 6.14. The number of nitrogens with one attached hydrogen (secondary N) is 1. The highest BCUT2D eigenvalue weighted by molar-refractivity contribution is 5.94. The third-order valence-electron chi connectivity index (χ3n) is 3.36. The quantitative estimate of drug-likeness (QED) is 0.887. The second kappa shape index (κ2) is 5.96. The zero-order valence-corrected chi connectivity index (χ0v) is 10.7. The van der Waals surface area contributed by atoms with Crippen molar-refractivity contribution in [3.05, 3.63) is 35.6 Å². The van der Waals surface area contributed by atoms with Gasteiger partial charge in [0.2, 0.25) is 0 Å². The maximum Gasteiger partial charge on any atom is 0.253 e. The highest BCUT2D eigenvalue weighted by Crippen LogP contribution is 2.11. The van der Waals surface area contributed by atoms with Crippen molar-refractivity contribution in [2.24, 2.45) is 0 Å². The fourth-order valence-electron chi connectivity index (χ4n) is 2.31. The average Bonchev–Trinajstić information content (AvgIpc) is 2.89. The third-order valence-corrected chi connectivity index (χ3v) is 3.36. The van der Waals surface area contributed by atoms with Crippen molar-refractivity contribution in [1.29, 1.82) is 0 Å². The number of rotatable bonds is 4. The summed E-state index contributed by atoms with van der Waals surface area (Å²) in [5.74, 6) is -0.335. The molecule has 18 heavy (non-hydrogen) atoms. The standard InChI is InChI=1S/C14H19FN2O/c1-2-17(10-13-4-3-9-16-13)14(18)11-5-7-12(15)8-6-11/h5-8,13,16H,2-4,9-10H2,1H3. The zero-order chi connectivity index (χ0) is 13.0. The van der Waals surface area contributed by atoms with E-state index in [0.717, 1.165) is 19.5 Å². The Morgan fingerprint density at radius 2 is 2.17 bits per heavy atom. The van der Waals surface area contributed by atoms with Crippen molar-refractivity contribution >= 4 is 5.91 Å². The number of hydrogen-bond donors (Lipinski definition) is 1. The van der Waals surface area contributed by atoms with E-state index in [1.165, 1.54) is 18.6 Å². The first kappa shape index (κ1) is 13.0. The van der Waals surface area contributed by atoms with Crippen molar-refractivity contribution in [2.45, 2.75) is 25.8 Å². The Hall–Kier alpha value is -1.42. The minimum absolute atomic E-state index is 0.0220. The summed E-state index contributed by atoms with van der Waals surface area (Å²) >= 11 is 0. The molecule has 4 heteroatoms. The Kier molecular flexibility index (Phi) is 4.31. The third kappa shape index (κ3) is 3.07. The van der Waals surface area contributed by atoms with Gasteiger partial charge in [0.15, 0.2) is 0 Å². The van der Waals surface area contributed by atoms with E-state index < -0.39 is 0 Å². The molecular formula is C14H19FN2O. The largest absolute Gasteiger partial charge is 0.337 e. The van der Waals surface area contributed by atoms with Gasteiger partial charge in [-0.05, 0) is 50.6 Å². The molecule has 98 valence electrons. The normalized spacial score (nSPS) is 18.9. The minimum Gasteiger partial charge on any atom is -0.337 e. The summed E-state index contributed by atoms with van der Waals surface area (Å²) in [5.41, 5.74) is 0.552. The molecule has 1 aliphatic heterocycles. The summed E-state index contributed by atoms with van der Waals surface area (Å²) in [7, 11) is 0. The number of likely N-dealkylation sites (N-methyl/N-ethyl adjacent to an activating group) is 1. The second-order valence-electron chi connectivity index (χ2n) is 4.64. The molecule has 1 unspecified atom stereocenters. The van der Waals surface area contributed by atoms with Gasteiger partial charge < -0.3 is 10.2 Å². The predicted octanol–water partition coefficient (Wildman–Crippen LogP) is 2.04. The Morgan fingerprint density at radius 3 is 2.72 bits per heavy atom. The molecular weight excluding hydrogens is 231 g/mol. The van der Waals surface area contributed by atoms with Crippen LogP contribution >= 0.6 is 0 Å². The van der Waals surface area contributed by atoms with Gasteiger partial charge in [-0.15, -0.1) is 0 Å². The molecule has 0 spiro atoms. The highest BCUT2D eigenvalue weighted by Gasteiger charge is 2.21. The molecule has 1 N–H and O–H groups in total. The van der Waals surface area contributed by atoms with Gasteiger partial charge >= 0.3 is 0 Å². The van der Waals surface area contributed by atoms with Crippen LogP contribution in [-0.4, -0.2) is 36.5 Å². The zero-order valence-electron chi connectivity index (χ0n) is 10.7. The van der Waals surface area contributed by atoms with Crippen LogP contribution in [0.15, 0.2) is 24.3 Å². The topological polar surface area (TPSA) is 32.3 Å². The molecule has 0 radical (unpaired) electrons. The van der Waals surface area contributed by atoms with Crippen LogP contribution in [-0.2, 0) is 0 Å². The summed E-state index contributed by atoms with van der Waals surface area (Å²) in [6.45, 7) is 4.41. The van der Waals surface area contributed by atoms with Crippen LogP contribution in [0.2, 0.25) is 0 Å². The molecule has 0 aliphatic carbocycles. The molecule has 1 aliphatic rings. The van der Waals surface area contributed by atoms with Crippen molar-refractivity contribution in [2.75, 3.05) is 19.6 Å². The summed E-state index contributed by atoms with van der Waals surface area (Å²) < 4.78 is 12.8. The highest BCUT2D eigenvalue weighted by atomic mass is 19.1. The van der Waals surface area contributed by atoms with Gasteiger partial charge in [-0.2, -0.15) is 0 Å². The van der Waals surface area contributed by atoms with Gasteiger partial charge in [-0.25, -0.2) is 4.39 Å². The van der Waals surface area contributed by atoms with E-state index in [2.05, 4.69) is 5.32 Å². The average molecular weight is 250 g/mol. The number of nitrogens with zero attached hydrogens (tertiary/aromatic N) is 1. The lowest BCUT2D eigenvalue weighted by Crippen LogP contribution is -2.41. The fraction of sp³-hybridized carbons (Fsp3) is 0.500. The molecule has 1 heterocycles. The summed E-state index contributed by atoms with van der Waals surface area (Å²) in [4.78, 5) is 14.1. The fourth-order valence-corrected chi connectivity index (χ4v) is 2.31. The Morgan fingerprint density at radius 1 is 1.44 bits per heavy atom. The van der Waals surface area contributed by atoms with Crippen LogP contribution in [0.3, 0.4) is 0 Å². The molecule has 1 fully saturated rings.